The molecule has 0 atom stereocenters. The van der Waals surface area contributed by atoms with Crippen LogP contribution in [0.15, 0.2) is 364 Å². The van der Waals surface area contributed by atoms with Gasteiger partial charge in [-0.3, -0.25) is 0 Å². The Kier molecular flexibility index (Phi) is 13.3. The summed E-state index contributed by atoms with van der Waals surface area (Å²) >= 11 is 3.77. The van der Waals surface area contributed by atoms with E-state index in [1.807, 2.05) is 22.7 Å². The van der Waals surface area contributed by atoms with E-state index in [1.165, 1.54) is 183 Å². The second-order valence-corrected chi connectivity index (χ2v) is 28.8. The van der Waals surface area contributed by atoms with E-state index in [9.17, 15) is 0 Å². The summed E-state index contributed by atoms with van der Waals surface area (Å²) in [6.07, 6.45) is 0. The van der Waals surface area contributed by atoms with E-state index < -0.39 is 0 Å². The van der Waals surface area contributed by atoms with Gasteiger partial charge < -0.3 is 18.3 Å². The van der Waals surface area contributed by atoms with Crippen molar-refractivity contribution < 1.29 is 0 Å². The molecule has 6 aromatic heterocycles. The highest BCUT2D eigenvalue weighted by atomic mass is 32.1. The van der Waals surface area contributed by atoms with Crippen LogP contribution in [0.2, 0.25) is 0 Å². The second kappa shape index (κ2) is 23.4. The van der Waals surface area contributed by atoms with E-state index in [-0.39, 0.29) is 0 Å². The molecular formula is C96H60N4S2. The van der Waals surface area contributed by atoms with E-state index >= 15 is 0 Å². The van der Waals surface area contributed by atoms with Gasteiger partial charge in [-0.05, 0) is 172 Å². The third kappa shape index (κ3) is 9.20. The maximum absolute atomic E-state index is 2.47. The number of aromatic nitrogens is 4. The Hall–Kier alpha value is -12.8. The van der Waals surface area contributed by atoms with Crippen molar-refractivity contribution in [3.8, 4) is 67.3 Å². The van der Waals surface area contributed by atoms with Crippen molar-refractivity contribution in [1.82, 2.24) is 18.3 Å². The number of para-hydroxylation sites is 4. The first-order chi connectivity index (χ1) is 50.6. The van der Waals surface area contributed by atoms with Crippen LogP contribution in [0.5, 0.6) is 0 Å². The SMILES string of the molecule is c1ccc(-c2cccc(-n3c4ccccc4c4cc(-c5ccc6c(c5)c5ccc7c8ccccc8sc7c5n6-c5ccccc5)ccc43)c2)cc1.c1ccc(-c2cccc(-n3c4ccccc4c4cc(-c5ccc6c(c5)c5ccc7sc8ccccc8c7c5n6-c5ccccc5)ccc43)c2)cc1. The van der Waals surface area contributed by atoms with E-state index in [0.29, 0.717) is 0 Å². The van der Waals surface area contributed by atoms with Gasteiger partial charge in [0.1, 0.15) is 0 Å². The monoisotopic (exact) mass is 1330 g/mol. The molecule has 0 saturated heterocycles. The van der Waals surface area contributed by atoms with E-state index in [0.717, 1.165) is 11.4 Å². The zero-order valence-corrected chi connectivity index (χ0v) is 56.9. The van der Waals surface area contributed by atoms with Crippen LogP contribution < -0.4 is 0 Å². The fraction of sp³-hybridized carbons (Fsp3) is 0. The molecule has 0 N–H and O–H groups in total. The van der Waals surface area contributed by atoms with Crippen molar-refractivity contribution >= 4 is 150 Å². The predicted molar refractivity (Wildman–Crippen MR) is 438 cm³/mol. The normalized spacial score (nSPS) is 11.9. The topological polar surface area (TPSA) is 19.7 Å². The van der Waals surface area contributed by atoms with Crippen molar-refractivity contribution in [1.29, 1.82) is 0 Å². The maximum atomic E-state index is 2.47. The Morgan fingerprint density at radius 1 is 0.167 bits per heavy atom. The van der Waals surface area contributed by atoms with Crippen LogP contribution in [-0.4, -0.2) is 18.3 Å². The van der Waals surface area contributed by atoms with E-state index in [1.54, 1.807) is 0 Å². The lowest BCUT2D eigenvalue weighted by Gasteiger charge is -2.11. The molecule has 0 aliphatic rings. The van der Waals surface area contributed by atoms with Crippen molar-refractivity contribution in [2.24, 2.45) is 0 Å². The quantitative estimate of drug-likeness (QED) is 0.144. The zero-order valence-electron chi connectivity index (χ0n) is 55.2. The maximum Gasteiger partial charge on any atom is 0.0719 e. The number of fused-ring (bicyclic) bond motifs is 20. The molecule has 0 amide bonds. The second-order valence-electron chi connectivity index (χ2n) is 26.7. The molecule has 6 heteroatoms. The molecular weight excluding hydrogens is 1270 g/mol. The number of benzene rings is 16. The van der Waals surface area contributed by atoms with Crippen LogP contribution >= 0.6 is 22.7 Å². The van der Waals surface area contributed by atoms with Crippen LogP contribution in [0.3, 0.4) is 0 Å². The van der Waals surface area contributed by atoms with Gasteiger partial charge in [0, 0.05) is 101 Å². The summed E-state index contributed by atoms with van der Waals surface area (Å²) in [6, 6.07) is 133. The van der Waals surface area contributed by atoms with Crippen LogP contribution in [0.25, 0.3) is 195 Å². The van der Waals surface area contributed by atoms with Gasteiger partial charge in [-0.2, -0.15) is 0 Å². The van der Waals surface area contributed by atoms with Gasteiger partial charge in [-0.25, -0.2) is 0 Å². The average Bonchev–Trinajstić information content (AvgIpc) is 1.57. The summed E-state index contributed by atoms with van der Waals surface area (Å²) in [6.45, 7) is 0. The van der Waals surface area contributed by atoms with Gasteiger partial charge in [-0.15, -0.1) is 22.7 Å². The third-order valence-electron chi connectivity index (χ3n) is 21.0. The number of hydrogen-bond donors (Lipinski definition) is 0. The van der Waals surface area contributed by atoms with Crippen LogP contribution in [-0.2, 0) is 0 Å². The molecule has 102 heavy (non-hydrogen) atoms. The van der Waals surface area contributed by atoms with Crippen LogP contribution in [0.1, 0.15) is 0 Å². The Morgan fingerprint density at radius 3 is 1.02 bits per heavy atom. The predicted octanol–water partition coefficient (Wildman–Crippen LogP) is 27.2. The minimum absolute atomic E-state index is 1.16. The number of thiophene rings is 2. The summed E-state index contributed by atoms with van der Waals surface area (Å²) < 4.78 is 15.1. The minimum atomic E-state index is 1.16. The average molecular weight is 1330 g/mol. The van der Waals surface area contributed by atoms with E-state index in [4.69, 9.17) is 0 Å². The summed E-state index contributed by atoms with van der Waals surface area (Å²) in [7, 11) is 0. The molecule has 0 unspecified atom stereocenters. The first-order valence-corrected chi connectivity index (χ1v) is 36.5. The van der Waals surface area contributed by atoms with E-state index in [2.05, 4.69) is 382 Å². The Labute approximate surface area is 595 Å². The van der Waals surface area contributed by atoms with Crippen LogP contribution in [0.4, 0.5) is 0 Å². The molecule has 0 aliphatic carbocycles. The van der Waals surface area contributed by atoms with Crippen molar-refractivity contribution in [3.05, 3.63) is 364 Å². The summed E-state index contributed by atoms with van der Waals surface area (Å²) in [5, 5.41) is 15.4. The summed E-state index contributed by atoms with van der Waals surface area (Å²) in [5.74, 6) is 0. The zero-order chi connectivity index (χ0) is 66.9. The molecule has 4 nitrogen and oxygen atoms in total. The van der Waals surface area contributed by atoms with Gasteiger partial charge in [0.25, 0.3) is 0 Å². The lowest BCUT2D eigenvalue weighted by molar-refractivity contribution is 1.18. The minimum Gasteiger partial charge on any atom is -0.309 e. The number of nitrogens with zero attached hydrogens (tertiary/aromatic N) is 4. The lowest BCUT2D eigenvalue weighted by atomic mass is 10.00. The molecule has 0 bridgehead atoms. The summed E-state index contributed by atoms with van der Waals surface area (Å²) in [5.41, 5.74) is 24.3. The van der Waals surface area contributed by atoms with Gasteiger partial charge in [-0.1, -0.05) is 237 Å². The molecule has 22 aromatic rings. The molecule has 476 valence electrons. The Balaban J connectivity index is 0.000000133. The lowest BCUT2D eigenvalue weighted by Crippen LogP contribution is -1.94. The highest BCUT2D eigenvalue weighted by Gasteiger charge is 2.23. The molecule has 0 saturated carbocycles. The molecule has 0 fully saturated rings. The highest BCUT2D eigenvalue weighted by Crippen LogP contribution is 2.48. The van der Waals surface area contributed by atoms with Crippen molar-refractivity contribution in [3.63, 3.8) is 0 Å². The first-order valence-electron chi connectivity index (χ1n) is 34.9. The smallest absolute Gasteiger partial charge is 0.0719 e. The molecule has 0 aliphatic heterocycles. The van der Waals surface area contributed by atoms with Gasteiger partial charge >= 0.3 is 0 Å². The molecule has 0 spiro atoms. The van der Waals surface area contributed by atoms with Gasteiger partial charge in [0.15, 0.2) is 0 Å². The fourth-order valence-corrected chi connectivity index (χ4v) is 18.8. The molecule has 16 aromatic carbocycles. The number of rotatable bonds is 8. The van der Waals surface area contributed by atoms with Crippen molar-refractivity contribution in [2.45, 2.75) is 0 Å². The highest BCUT2D eigenvalue weighted by molar-refractivity contribution is 7.27. The van der Waals surface area contributed by atoms with Crippen molar-refractivity contribution in [2.75, 3.05) is 0 Å². The fourth-order valence-electron chi connectivity index (χ4n) is 16.4. The molecule has 6 heterocycles. The summed E-state index contributed by atoms with van der Waals surface area (Å²) in [4.78, 5) is 0. The first kappa shape index (κ1) is 58.2. The third-order valence-corrected chi connectivity index (χ3v) is 23.3. The Bertz CT molecular complexity index is 7100. The van der Waals surface area contributed by atoms with Gasteiger partial charge in [0.05, 0.1) is 48.8 Å². The molecule has 22 rings (SSSR count). The van der Waals surface area contributed by atoms with Crippen LogP contribution in [0, 0.1) is 0 Å². The standard InChI is InChI=1S/2C48H30N2S/c1-3-12-31(13-4-1)32-14-11-17-36(28-32)49-43-20-9-7-18-37(43)41-29-33(22-26-44(41)49)34-23-27-45-42(30-34)39-24-25-40-38-19-8-10-21-46(38)51-48(40)47(39)50(45)35-15-5-2-6-16-35;1-3-12-31(13-4-1)32-14-11-17-36(28-32)49-42-20-9-7-18-37(42)40-29-33(22-25-43(40)49)34-23-26-44-41(30-34)38-24-27-46-47(39-19-8-10-21-45(39)51-46)48(38)50(44)35-15-5-2-6-16-35/h2*1-30H. The Morgan fingerprint density at radius 2 is 0.510 bits per heavy atom. The van der Waals surface area contributed by atoms with Gasteiger partial charge in [0.2, 0.25) is 0 Å². The number of hydrogen-bond acceptors (Lipinski definition) is 2. The largest absolute Gasteiger partial charge is 0.309 e. The molecule has 0 radical (unpaired) electrons.